The predicted molar refractivity (Wildman–Crippen MR) is 77.6 cm³/mol. The maximum atomic E-state index is 12.3. The molecular formula is C14H19N5O2. The Labute approximate surface area is 122 Å². The van der Waals surface area contributed by atoms with Crippen LogP contribution in [0, 0.1) is 0 Å². The Bertz CT molecular complexity index is 586. The molecule has 3 rings (SSSR count). The van der Waals surface area contributed by atoms with E-state index in [1.54, 1.807) is 17.1 Å². The Morgan fingerprint density at radius 3 is 2.76 bits per heavy atom. The lowest BCUT2D eigenvalue weighted by atomic mass is 10.3. The number of carbonyl (C=O) groups is 1. The van der Waals surface area contributed by atoms with Gasteiger partial charge in [-0.3, -0.25) is 19.4 Å². The number of aromatic nitrogens is 3. The van der Waals surface area contributed by atoms with Crippen LogP contribution in [0.25, 0.3) is 11.0 Å². The molecule has 1 aliphatic heterocycles. The quantitative estimate of drug-likeness (QED) is 0.826. The van der Waals surface area contributed by atoms with E-state index in [4.69, 9.17) is 5.11 Å². The minimum atomic E-state index is 0.0754. The summed E-state index contributed by atoms with van der Waals surface area (Å²) in [6, 6.07) is 3.72. The van der Waals surface area contributed by atoms with Gasteiger partial charge in [0.1, 0.15) is 17.6 Å². The molecule has 2 aromatic rings. The van der Waals surface area contributed by atoms with Crippen LogP contribution in [-0.4, -0.2) is 74.9 Å². The first kappa shape index (κ1) is 14.0. The standard InChI is InChI=1S/C14H19N5O2/c20-9-8-17-4-6-18(7-5-17)14(21)11-19-10-13-12(16-19)2-1-3-15-13/h1-3,10,20H,4-9,11H2. The molecule has 7 nitrogen and oxygen atoms in total. The Hall–Kier alpha value is -1.99. The summed E-state index contributed by atoms with van der Waals surface area (Å²) in [6.07, 6.45) is 3.52. The topological polar surface area (TPSA) is 74.5 Å². The molecular weight excluding hydrogens is 270 g/mol. The van der Waals surface area contributed by atoms with Gasteiger partial charge in [-0.2, -0.15) is 5.10 Å². The zero-order chi connectivity index (χ0) is 14.7. The van der Waals surface area contributed by atoms with E-state index in [1.165, 1.54) is 0 Å². The molecule has 1 N–H and O–H groups in total. The summed E-state index contributed by atoms with van der Waals surface area (Å²) >= 11 is 0. The molecule has 2 aromatic heterocycles. The SMILES string of the molecule is O=C(Cn1cc2ncccc2n1)N1CCN(CCO)CC1. The van der Waals surface area contributed by atoms with Gasteiger partial charge in [-0.1, -0.05) is 0 Å². The number of aliphatic hydroxyl groups excluding tert-OH is 1. The predicted octanol–water partition coefficient (Wildman–Crippen LogP) is -0.432. The summed E-state index contributed by atoms with van der Waals surface area (Å²) < 4.78 is 1.65. The highest BCUT2D eigenvalue weighted by molar-refractivity contribution is 5.77. The third-order valence-electron chi connectivity index (χ3n) is 3.76. The minimum Gasteiger partial charge on any atom is -0.395 e. The van der Waals surface area contributed by atoms with Crippen molar-refractivity contribution in [3.8, 4) is 0 Å². The lowest BCUT2D eigenvalue weighted by Crippen LogP contribution is -2.50. The number of amides is 1. The van der Waals surface area contributed by atoms with Crippen LogP contribution in [-0.2, 0) is 11.3 Å². The molecule has 1 aliphatic rings. The third-order valence-corrected chi connectivity index (χ3v) is 3.76. The molecule has 0 saturated carbocycles. The van der Waals surface area contributed by atoms with Gasteiger partial charge in [-0.15, -0.1) is 0 Å². The van der Waals surface area contributed by atoms with Crippen LogP contribution in [0.1, 0.15) is 0 Å². The van der Waals surface area contributed by atoms with Crippen LogP contribution >= 0.6 is 0 Å². The highest BCUT2D eigenvalue weighted by Crippen LogP contribution is 2.08. The van der Waals surface area contributed by atoms with Gasteiger partial charge in [0.05, 0.1) is 12.8 Å². The van der Waals surface area contributed by atoms with Gasteiger partial charge < -0.3 is 10.0 Å². The van der Waals surface area contributed by atoms with E-state index >= 15 is 0 Å². The van der Waals surface area contributed by atoms with E-state index in [-0.39, 0.29) is 19.1 Å². The fraction of sp³-hybridized carbons (Fsp3) is 0.500. The van der Waals surface area contributed by atoms with Crippen LogP contribution in [0.4, 0.5) is 0 Å². The number of rotatable bonds is 4. The van der Waals surface area contributed by atoms with E-state index in [0.29, 0.717) is 19.6 Å². The van der Waals surface area contributed by atoms with Crippen molar-refractivity contribution in [2.75, 3.05) is 39.3 Å². The monoisotopic (exact) mass is 289 g/mol. The molecule has 1 amide bonds. The molecule has 1 fully saturated rings. The molecule has 0 atom stereocenters. The summed E-state index contributed by atoms with van der Waals surface area (Å²) in [5.74, 6) is 0.0754. The first-order chi connectivity index (χ1) is 10.3. The van der Waals surface area contributed by atoms with Crippen LogP contribution in [0.5, 0.6) is 0 Å². The lowest BCUT2D eigenvalue weighted by Gasteiger charge is -2.34. The van der Waals surface area contributed by atoms with Crippen LogP contribution < -0.4 is 0 Å². The van der Waals surface area contributed by atoms with Gasteiger partial charge in [0.25, 0.3) is 0 Å². The maximum Gasteiger partial charge on any atom is 0.244 e. The van der Waals surface area contributed by atoms with Crippen molar-refractivity contribution in [1.82, 2.24) is 24.6 Å². The number of hydrogen-bond donors (Lipinski definition) is 1. The summed E-state index contributed by atoms with van der Waals surface area (Å²) in [6.45, 7) is 4.13. The second-order valence-corrected chi connectivity index (χ2v) is 5.18. The molecule has 3 heterocycles. The van der Waals surface area contributed by atoms with Crippen molar-refractivity contribution >= 4 is 16.9 Å². The molecule has 0 aromatic carbocycles. The van der Waals surface area contributed by atoms with Gasteiger partial charge in [0, 0.05) is 38.9 Å². The van der Waals surface area contributed by atoms with Crippen LogP contribution in [0.15, 0.2) is 24.5 Å². The van der Waals surface area contributed by atoms with Gasteiger partial charge in [-0.05, 0) is 12.1 Å². The molecule has 21 heavy (non-hydrogen) atoms. The first-order valence-corrected chi connectivity index (χ1v) is 7.15. The van der Waals surface area contributed by atoms with Gasteiger partial charge >= 0.3 is 0 Å². The molecule has 0 aliphatic carbocycles. The molecule has 112 valence electrons. The molecule has 7 heteroatoms. The Morgan fingerprint density at radius 2 is 2.05 bits per heavy atom. The van der Waals surface area contributed by atoms with Gasteiger partial charge in [0.15, 0.2) is 0 Å². The summed E-state index contributed by atoms with van der Waals surface area (Å²) in [5.41, 5.74) is 1.61. The number of pyridine rings is 1. The van der Waals surface area contributed by atoms with Crippen LogP contribution in [0.2, 0.25) is 0 Å². The normalized spacial score (nSPS) is 16.5. The number of nitrogens with zero attached hydrogens (tertiary/aromatic N) is 5. The zero-order valence-corrected chi connectivity index (χ0v) is 11.9. The largest absolute Gasteiger partial charge is 0.395 e. The van der Waals surface area contributed by atoms with Crippen molar-refractivity contribution in [2.24, 2.45) is 0 Å². The highest BCUT2D eigenvalue weighted by Gasteiger charge is 2.21. The first-order valence-electron chi connectivity index (χ1n) is 7.15. The molecule has 0 unspecified atom stereocenters. The molecule has 0 spiro atoms. The van der Waals surface area contributed by atoms with Crippen molar-refractivity contribution in [1.29, 1.82) is 0 Å². The van der Waals surface area contributed by atoms with Gasteiger partial charge in [-0.25, -0.2) is 0 Å². The Kier molecular flexibility index (Phi) is 4.12. The Balaban J connectivity index is 1.59. The number of piperazine rings is 1. The summed E-state index contributed by atoms with van der Waals surface area (Å²) in [7, 11) is 0. The van der Waals surface area contributed by atoms with Crippen molar-refractivity contribution in [3.05, 3.63) is 24.5 Å². The smallest absolute Gasteiger partial charge is 0.244 e. The number of carbonyl (C=O) groups excluding carboxylic acids is 1. The molecule has 0 radical (unpaired) electrons. The van der Waals surface area contributed by atoms with E-state index in [0.717, 1.165) is 24.1 Å². The van der Waals surface area contributed by atoms with E-state index < -0.39 is 0 Å². The maximum absolute atomic E-state index is 12.3. The fourth-order valence-corrected chi connectivity index (χ4v) is 2.58. The van der Waals surface area contributed by atoms with E-state index in [1.807, 2.05) is 17.0 Å². The number of aliphatic hydroxyl groups is 1. The summed E-state index contributed by atoms with van der Waals surface area (Å²) in [5, 5.41) is 13.3. The van der Waals surface area contributed by atoms with Crippen molar-refractivity contribution < 1.29 is 9.90 Å². The summed E-state index contributed by atoms with van der Waals surface area (Å²) in [4.78, 5) is 20.5. The molecule has 1 saturated heterocycles. The van der Waals surface area contributed by atoms with Crippen molar-refractivity contribution in [2.45, 2.75) is 6.54 Å². The fourth-order valence-electron chi connectivity index (χ4n) is 2.58. The number of fused-ring (bicyclic) bond motifs is 1. The van der Waals surface area contributed by atoms with Crippen LogP contribution in [0.3, 0.4) is 0 Å². The molecule has 0 bridgehead atoms. The van der Waals surface area contributed by atoms with Gasteiger partial charge in [0.2, 0.25) is 5.91 Å². The number of hydrogen-bond acceptors (Lipinski definition) is 5. The average molecular weight is 289 g/mol. The third kappa shape index (κ3) is 3.20. The Morgan fingerprint density at radius 1 is 1.24 bits per heavy atom. The second kappa shape index (κ2) is 6.19. The van der Waals surface area contributed by atoms with E-state index in [9.17, 15) is 4.79 Å². The minimum absolute atomic E-state index is 0.0754. The zero-order valence-electron chi connectivity index (χ0n) is 11.9. The van der Waals surface area contributed by atoms with Crippen molar-refractivity contribution in [3.63, 3.8) is 0 Å². The second-order valence-electron chi connectivity index (χ2n) is 5.18. The highest BCUT2D eigenvalue weighted by atomic mass is 16.3. The lowest BCUT2D eigenvalue weighted by molar-refractivity contribution is -0.133. The van der Waals surface area contributed by atoms with E-state index in [2.05, 4.69) is 15.0 Å². The number of β-amino-alcohol motifs (C(OH)–C–C–N with tert-alkyl or cyclic N) is 1. The average Bonchev–Trinajstić information content (AvgIpc) is 2.90.